The summed E-state index contributed by atoms with van der Waals surface area (Å²) in [5.41, 5.74) is -0.368. The number of aromatic nitrogens is 1. The average Bonchev–Trinajstić information content (AvgIpc) is 2.77. The lowest BCUT2D eigenvalue weighted by molar-refractivity contribution is -0.133. The van der Waals surface area contributed by atoms with Gasteiger partial charge in [0.15, 0.2) is 0 Å². The molecule has 1 aromatic heterocycles. The molecule has 0 radical (unpaired) electrons. The van der Waals surface area contributed by atoms with Gasteiger partial charge in [0, 0.05) is 45.0 Å². The molecule has 2 fully saturated rings. The topological polar surface area (TPSA) is 82.9 Å². The molecular formula is C23H38N4O4S. The third kappa shape index (κ3) is 5.99. The summed E-state index contributed by atoms with van der Waals surface area (Å²) in [5.74, 6) is 1.13. The number of nitrogens with zero attached hydrogens (tertiary/aromatic N) is 4. The van der Waals surface area contributed by atoms with Crippen LogP contribution in [-0.2, 0) is 21.4 Å². The first-order valence-electron chi connectivity index (χ1n) is 11.9. The largest absolute Gasteiger partial charge is 0.341 e. The molecule has 2 saturated heterocycles. The maximum Gasteiger partial charge on any atom is 0.251 e. The summed E-state index contributed by atoms with van der Waals surface area (Å²) < 4.78 is 28.2. The number of likely N-dealkylation sites (tertiary alicyclic amines) is 2. The second-order valence-electron chi connectivity index (χ2n) is 9.25. The van der Waals surface area contributed by atoms with E-state index in [0.29, 0.717) is 32.1 Å². The van der Waals surface area contributed by atoms with Gasteiger partial charge in [-0.2, -0.15) is 4.31 Å². The number of pyridine rings is 1. The molecule has 3 heterocycles. The Morgan fingerprint density at radius 2 is 1.78 bits per heavy atom. The predicted octanol–water partition coefficient (Wildman–Crippen LogP) is 1.85. The smallest absolute Gasteiger partial charge is 0.251 e. The molecule has 8 nitrogen and oxygen atoms in total. The number of sulfonamides is 1. The first-order chi connectivity index (χ1) is 15.2. The van der Waals surface area contributed by atoms with Crippen LogP contribution in [0.1, 0.15) is 46.5 Å². The summed E-state index contributed by atoms with van der Waals surface area (Å²) >= 11 is 0. The molecule has 0 bridgehead atoms. The van der Waals surface area contributed by atoms with Crippen LogP contribution in [0.5, 0.6) is 0 Å². The Labute approximate surface area is 192 Å². The van der Waals surface area contributed by atoms with Gasteiger partial charge in [-0.3, -0.25) is 9.59 Å². The van der Waals surface area contributed by atoms with Crippen molar-refractivity contribution in [1.82, 2.24) is 18.7 Å². The van der Waals surface area contributed by atoms with Crippen LogP contribution in [0.4, 0.5) is 0 Å². The molecule has 3 rings (SSSR count). The quantitative estimate of drug-likeness (QED) is 0.584. The molecule has 0 aliphatic carbocycles. The fraction of sp³-hybridized carbons (Fsp3) is 0.739. The van der Waals surface area contributed by atoms with Crippen molar-refractivity contribution >= 4 is 15.9 Å². The molecule has 0 spiro atoms. The van der Waals surface area contributed by atoms with Crippen LogP contribution in [0.3, 0.4) is 0 Å². The summed E-state index contributed by atoms with van der Waals surface area (Å²) in [6.07, 6.45) is 5.87. The van der Waals surface area contributed by atoms with E-state index in [0.717, 1.165) is 38.4 Å². The highest BCUT2D eigenvalue weighted by Crippen LogP contribution is 2.22. The van der Waals surface area contributed by atoms with Gasteiger partial charge in [-0.25, -0.2) is 8.42 Å². The minimum absolute atomic E-state index is 0.0458. The summed E-state index contributed by atoms with van der Waals surface area (Å²) in [4.78, 5) is 29.8. The van der Waals surface area contributed by atoms with Crippen molar-refractivity contribution in [3.63, 3.8) is 0 Å². The second-order valence-corrected chi connectivity index (χ2v) is 11.2. The zero-order valence-corrected chi connectivity index (χ0v) is 20.5. The molecule has 1 amide bonds. The van der Waals surface area contributed by atoms with Crippen molar-refractivity contribution in [1.29, 1.82) is 0 Å². The standard InChI is InChI=1S/C23H38N4O4S/c1-4-27(5-2)32(30,31)21-8-9-22(28)26(17-21)18-23(29)25-12-6-7-20(16-25)15-24-13-10-19(3)11-14-24/h8-9,17,19-20H,4-7,10-16,18H2,1-3H3/t20-/m1/s1. The SMILES string of the molecule is CCN(CC)S(=O)(=O)c1ccc(=O)n(CC(=O)N2CCC[C@H](CN3CCC(C)CC3)C2)c1. The highest BCUT2D eigenvalue weighted by Gasteiger charge is 2.27. The molecule has 1 atom stereocenters. The fourth-order valence-electron chi connectivity index (χ4n) is 4.79. The Hall–Kier alpha value is -1.71. The van der Waals surface area contributed by atoms with Crippen molar-refractivity contribution in [2.45, 2.75) is 57.9 Å². The lowest BCUT2D eigenvalue weighted by Gasteiger charge is -2.38. The average molecular weight is 467 g/mol. The molecule has 0 aromatic carbocycles. The van der Waals surface area contributed by atoms with Gasteiger partial charge in [-0.05, 0) is 56.7 Å². The molecule has 2 aliphatic heterocycles. The van der Waals surface area contributed by atoms with Gasteiger partial charge in [-0.15, -0.1) is 0 Å². The van der Waals surface area contributed by atoms with Gasteiger partial charge in [0.1, 0.15) is 6.54 Å². The van der Waals surface area contributed by atoms with Crippen molar-refractivity contribution in [2.75, 3.05) is 45.8 Å². The summed E-state index contributed by atoms with van der Waals surface area (Å²) in [6, 6.07) is 2.56. The van der Waals surface area contributed by atoms with E-state index in [9.17, 15) is 18.0 Å². The number of carbonyl (C=O) groups is 1. The summed E-state index contributed by atoms with van der Waals surface area (Å²) in [7, 11) is -3.69. The third-order valence-corrected chi connectivity index (χ3v) is 8.90. The third-order valence-electron chi connectivity index (χ3n) is 6.87. The van der Waals surface area contributed by atoms with Crippen LogP contribution < -0.4 is 5.56 Å². The van der Waals surface area contributed by atoms with E-state index in [1.54, 1.807) is 13.8 Å². The number of piperidine rings is 2. The number of amides is 1. The monoisotopic (exact) mass is 466 g/mol. The zero-order chi connectivity index (χ0) is 23.3. The number of hydrogen-bond acceptors (Lipinski definition) is 5. The molecule has 0 saturated carbocycles. The fourth-order valence-corrected chi connectivity index (χ4v) is 6.27. The normalized spacial score (nSPS) is 21.2. The molecule has 180 valence electrons. The highest BCUT2D eigenvalue weighted by atomic mass is 32.2. The van der Waals surface area contributed by atoms with Gasteiger partial charge < -0.3 is 14.4 Å². The Balaban J connectivity index is 1.65. The number of hydrogen-bond donors (Lipinski definition) is 0. The van der Waals surface area contributed by atoms with E-state index in [1.165, 1.54) is 40.0 Å². The van der Waals surface area contributed by atoms with Crippen molar-refractivity contribution in [2.24, 2.45) is 11.8 Å². The van der Waals surface area contributed by atoms with E-state index >= 15 is 0 Å². The van der Waals surface area contributed by atoms with E-state index in [-0.39, 0.29) is 22.9 Å². The lowest BCUT2D eigenvalue weighted by Crippen LogP contribution is -2.46. The van der Waals surface area contributed by atoms with Crippen LogP contribution in [-0.4, -0.2) is 78.8 Å². The molecule has 0 N–H and O–H groups in total. The number of rotatable bonds is 8. The zero-order valence-electron chi connectivity index (χ0n) is 19.7. The number of carbonyl (C=O) groups excluding carboxylic acids is 1. The minimum atomic E-state index is -3.69. The van der Waals surface area contributed by atoms with Gasteiger partial charge >= 0.3 is 0 Å². The van der Waals surface area contributed by atoms with Crippen molar-refractivity contribution < 1.29 is 13.2 Å². The second kappa shape index (κ2) is 10.9. The Kier molecular flexibility index (Phi) is 8.52. The molecular weight excluding hydrogens is 428 g/mol. The Bertz CT molecular complexity index is 934. The van der Waals surface area contributed by atoms with Crippen molar-refractivity contribution in [3.05, 3.63) is 28.7 Å². The van der Waals surface area contributed by atoms with Crippen molar-refractivity contribution in [3.8, 4) is 0 Å². The van der Waals surface area contributed by atoms with Crippen LogP contribution in [0.15, 0.2) is 28.0 Å². The van der Waals surface area contributed by atoms with Gasteiger partial charge in [-0.1, -0.05) is 20.8 Å². The first-order valence-corrected chi connectivity index (χ1v) is 13.4. The first kappa shape index (κ1) is 24.9. The van der Waals surface area contributed by atoms with Crippen LogP contribution in [0.25, 0.3) is 0 Å². The van der Waals surface area contributed by atoms with Gasteiger partial charge in [0.05, 0.1) is 4.90 Å². The predicted molar refractivity (Wildman–Crippen MR) is 125 cm³/mol. The maximum atomic E-state index is 13.0. The summed E-state index contributed by atoms with van der Waals surface area (Å²) in [5, 5.41) is 0. The van der Waals surface area contributed by atoms with E-state index in [4.69, 9.17) is 0 Å². The molecule has 2 aliphatic rings. The maximum absolute atomic E-state index is 13.0. The van der Waals surface area contributed by atoms with Crippen LogP contribution in [0.2, 0.25) is 0 Å². The van der Waals surface area contributed by atoms with Gasteiger partial charge in [0.25, 0.3) is 5.56 Å². The van der Waals surface area contributed by atoms with Gasteiger partial charge in [0.2, 0.25) is 15.9 Å². The van der Waals surface area contributed by atoms with E-state index < -0.39 is 10.0 Å². The van der Waals surface area contributed by atoms with E-state index in [1.807, 2.05) is 4.90 Å². The van der Waals surface area contributed by atoms with Crippen LogP contribution >= 0.6 is 0 Å². The minimum Gasteiger partial charge on any atom is -0.341 e. The van der Waals surface area contributed by atoms with Crippen LogP contribution in [0, 0.1) is 11.8 Å². The highest BCUT2D eigenvalue weighted by molar-refractivity contribution is 7.89. The molecule has 32 heavy (non-hydrogen) atoms. The molecule has 0 unspecified atom stereocenters. The molecule has 1 aromatic rings. The lowest BCUT2D eigenvalue weighted by atomic mass is 9.94. The molecule has 9 heteroatoms. The van der Waals surface area contributed by atoms with E-state index in [2.05, 4.69) is 11.8 Å². The Morgan fingerprint density at radius 3 is 2.44 bits per heavy atom. The Morgan fingerprint density at radius 1 is 1.09 bits per heavy atom. The summed E-state index contributed by atoms with van der Waals surface area (Å²) in [6.45, 7) is 11.1.